The van der Waals surface area contributed by atoms with Crippen molar-refractivity contribution >= 4 is 22.6 Å². The largest absolute Gasteiger partial charge is 0.477 e. The number of carboxylic acids is 1. The Balaban J connectivity index is 2.16. The highest BCUT2D eigenvalue weighted by Crippen LogP contribution is 2.35. The third kappa shape index (κ3) is 3.40. The molecule has 1 saturated heterocycles. The van der Waals surface area contributed by atoms with E-state index in [-0.39, 0.29) is 36.1 Å². The van der Waals surface area contributed by atoms with Crippen LogP contribution in [-0.4, -0.2) is 41.3 Å². The summed E-state index contributed by atoms with van der Waals surface area (Å²) in [7, 11) is 0. The number of nitrogens with zero attached hydrogens (tertiary/aromatic N) is 2. The van der Waals surface area contributed by atoms with E-state index in [0.29, 0.717) is 12.6 Å². The lowest BCUT2D eigenvalue weighted by Gasteiger charge is -2.34. The Hall–Kier alpha value is -3.40. The molecule has 1 unspecified atom stereocenters. The SMILES string of the molecule is Cc1c(F)c(N2CCNC(C)C2)c(F)c2c1c(=O)c(C(=O)O)cn2-c1ccc(F)cc1F. The van der Waals surface area contributed by atoms with Crippen molar-refractivity contribution in [2.45, 2.75) is 19.9 Å². The second-order valence-corrected chi connectivity index (χ2v) is 7.77. The van der Waals surface area contributed by atoms with Gasteiger partial charge in [-0.3, -0.25) is 4.79 Å². The van der Waals surface area contributed by atoms with E-state index < -0.39 is 51.1 Å². The van der Waals surface area contributed by atoms with Gasteiger partial charge in [0.1, 0.15) is 22.9 Å². The number of aryl methyl sites for hydroxylation is 1. The second-order valence-electron chi connectivity index (χ2n) is 7.77. The van der Waals surface area contributed by atoms with Crippen LogP contribution in [0.25, 0.3) is 16.6 Å². The summed E-state index contributed by atoms with van der Waals surface area (Å²) in [6.07, 6.45) is 0.772. The summed E-state index contributed by atoms with van der Waals surface area (Å²) in [4.78, 5) is 26.0. The Morgan fingerprint density at radius 2 is 1.91 bits per heavy atom. The van der Waals surface area contributed by atoms with Gasteiger partial charge in [-0.25, -0.2) is 22.4 Å². The van der Waals surface area contributed by atoms with Gasteiger partial charge in [0.15, 0.2) is 11.6 Å². The maximum Gasteiger partial charge on any atom is 0.341 e. The Kier molecular flexibility index (Phi) is 5.41. The van der Waals surface area contributed by atoms with E-state index >= 15 is 8.78 Å². The molecular weight excluding hydrogens is 430 g/mol. The summed E-state index contributed by atoms with van der Waals surface area (Å²) in [5, 5.41) is 12.1. The van der Waals surface area contributed by atoms with Gasteiger partial charge in [0.05, 0.1) is 16.6 Å². The Labute approximate surface area is 179 Å². The number of fused-ring (bicyclic) bond motifs is 1. The number of anilines is 1. The Morgan fingerprint density at radius 1 is 1.19 bits per heavy atom. The molecule has 0 aliphatic carbocycles. The van der Waals surface area contributed by atoms with Crippen LogP contribution in [0, 0.1) is 30.2 Å². The summed E-state index contributed by atoms with van der Waals surface area (Å²) >= 11 is 0. The molecule has 0 radical (unpaired) electrons. The van der Waals surface area contributed by atoms with Crippen molar-refractivity contribution in [3.8, 4) is 5.69 Å². The van der Waals surface area contributed by atoms with Crippen molar-refractivity contribution in [3.05, 3.63) is 69.0 Å². The number of hydrogen-bond donors (Lipinski definition) is 2. The van der Waals surface area contributed by atoms with Crippen molar-refractivity contribution in [2.75, 3.05) is 24.5 Å². The Bertz CT molecular complexity index is 1320. The molecular formula is C22H19F4N3O3. The fraction of sp³-hybridized carbons (Fsp3) is 0.273. The van der Waals surface area contributed by atoms with Crippen molar-refractivity contribution in [3.63, 3.8) is 0 Å². The van der Waals surface area contributed by atoms with Crippen LogP contribution >= 0.6 is 0 Å². The average molecular weight is 449 g/mol. The molecule has 4 rings (SSSR count). The lowest BCUT2D eigenvalue weighted by Crippen LogP contribution is -2.50. The molecule has 168 valence electrons. The first kappa shape index (κ1) is 21.8. The number of carbonyl (C=O) groups is 1. The van der Waals surface area contributed by atoms with Gasteiger partial charge in [-0.05, 0) is 26.0 Å². The van der Waals surface area contributed by atoms with E-state index in [1.165, 1.54) is 11.8 Å². The fourth-order valence-corrected chi connectivity index (χ4v) is 4.11. The zero-order valence-corrected chi connectivity index (χ0v) is 17.2. The fourth-order valence-electron chi connectivity index (χ4n) is 4.11. The van der Waals surface area contributed by atoms with Crippen molar-refractivity contribution in [1.29, 1.82) is 0 Å². The lowest BCUT2D eigenvalue weighted by molar-refractivity contribution is 0.0695. The van der Waals surface area contributed by atoms with Gasteiger partial charge in [-0.1, -0.05) is 0 Å². The summed E-state index contributed by atoms with van der Waals surface area (Å²) in [5.41, 5.74) is -3.41. The molecule has 1 atom stereocenters. The van der Waals surface area contributed by atoms with Crippen molar-refractivity contribution < 1.29 is 27.5 Å². The van der Waals surface area contributed by atoms with Gasteiger partial charge in [0, 0.05) is 43.5 Å². The van der Waals surface area contributed by atoms with Crippen LogP contribution in [0.2, 0.25) is 0 Å². The quantitative estimate of drug-likeness (QED) is 0.600. The van der Waals surface area contributed by atoms with E-state index in [1.54, 1.807) is 0 Å². The number of pyridine rings is 1. The highest BCUT2D eigenvalue weighted by atomic mass is 19.1. The third-order valence-electron chi connectivity index (χ3n) is 5.62. The molecule has 32 heavy (non-hydrogen) atoms. The topological polar surface area (TPSA) is 74.6 Å². The van der Waals surface area contributed by atoms with Crippen LogP contribution in [0.1, 0.15) is 22.8 Å². The van der Waals surface area contributed by atoms with E-state index in [0.717, 1.165) is 22.9 Å². The summed E-state index contributed by atoms with van der Waals surface area (Å²) in [6.45, 7) is 4.12. The smallest absolute Gasteiger partial charge is 0.341 e. The lowest BCUT2D eigenvalue weighted by atomic mass is 10.0. The molecule has 1 aromatic heterocycles. The minimum Gasteiger partial charge on any atom is -0.477 e. The Morgan fingerprint density at radius 3 is 2.53 bits per heavy atom. The van der Waals surface area contributed by atoms with Gasteiger partial charge in [0.2, 0.25) is 5.43 Å². The molecule has 10 heteroatoms. The normalized spacial score (nSPS) is 16.6. The second kappa shape index (κ2) is 7.94. The number of carboxylic acid groups (broad SMARTS) is 1. The summed E-state index contributed by atoms with van der Waals surface area (Å²) < 4.78 is 60.1. The molecule has 2 aromatic carbocycles. The van der Waals surface area contributed by atoms with Crippen LogP contribution in [0.15, 0.2) is 29.2 Å². The van der Waals surface area contributed by atoms with Gasteiger partial charge in [-0.15, -0.1) is 0 Å². The number of aromatic carboxylic acids is 1. The van der Waals surface area contributed by atoms with Crippen LogP contribution in [0.4, 0.5) is 23.2 Å². The van der Waals surface area contributed by atoms with Crippen LogP contribution in [0.5, 0.6) is 0 Å². The first-order chi connectivity index (χ1) is 15.1. The van der Waals surface area contributed by atoms with Gasteiger partial charge < -0.3 is 19.9 Å². The molecule has 6 nitrogen and oxygen atoms in total. The number of benzene rings is 2. The van der Waals surface area contributed by atoms with Gasteiger partial charge in [-0.2, -0.15) is 0 Å². The van der Waals surface area contributed by atoms with Crippen LogP contribution in [0.3, 0.4) is 0 Å². The molecule has 1 fully saturated rings. The molecule has 0 bridgehead atoms. The number of hydrogen-bond acceptors (Lipinski definition) is 4. The van der Waals surface area contributed by atoms with Crippen LogP contribution < -0.4 is 15.6 Å². The maximum absolute atomic E-state index is 15.9. The minimum absolute atomic E-state index is 0.0651. The molecule has 1 aliphatic rings. The maximum atomic E-state index is 15.9. The predicted molar refractivity (Wildman–Crippen MR) is 111 cm³/mol. The first-order valence-corrected chi connectivity index (χ1v) is 9.85. The van der Waals surface area contributed by atoms with Crippen molar-refractivity contribution in [2.24, 2.45) is 0 Å². The highest BCUT2D eigenvalue weighted by Gasteiger charge is 2.30. The van der Waals surface area contributed by atoms with Crippen molar-refractivity contribution in [1.82, 2.24) is 9.88 Å². The third-order valence-corrected chi connectivity index (χ3v) is 5.62. The molecule has 0 spiro atoms. The van der Waals surface area contributed by atoms with E-state index in [2.05, 4.69) is 5.32 Å². The van der Waals surface area contributed by atoms with E-state index in [1.807, 2.05) is 6.92 Å². The number of halogens is 4. The van der Waals surface area contributed by atoms with E-state index in [4.69, 9.17) is 0 Å². The molecule has 0 saturated carbocycles. The zero-order chi connectivity index (χ0) is 23.3. The number of nitrogens with one attached hydrogen (secondary N) is 1. The minimum atomic E-state index is -1.65. The van der Waals surface area contributed by atoms with Gasteiger partial charge in [0.25, 0.3) is 0 Å². The first-order valence-electron chi connectivity index (χ1n) is 9.85. The monoisotopic (exact) mass is 449 g/mol. The number of aromatic nitrogens is 1. The molecule has 0 amide bonds. The molecule has 2 heterocycles. The van der Waals surface area contributed by atoms with E-state index in [9.17, 15) is 23.5 Å². The highest BCUT2D eigenvalue weighted by molar-refractivity contribution is 5.96. The van der Waals surface area contributed by atoms with Crippen LogP contribution in [-0.2, 0) is 0 Å². The predicted octanol–water partition coefficient (Wildman–Crippen LogP) is 3.35. The van der Waals surface area contributed by atoms with Gasteiger partial charge >= 0.3 is 5.97 Å². The molecule has 2 N–H and O–H groups in total. The molecule has 1 aliphatic heterocycles. The number of piperazine rings is 1. The number of rotatable bonds is 3. The summed E-state index contributed by atoms with van der Waals surface area (Å²) in [6, 6.07) is 2.39. The molecule has 3 aromatic rings. The average Bonchev–Trinajstić information content (AvgIpc) is 2.72. The standard InChI is InChI=1S/C22H19F4N3O3/c1-10-8-28(6-5-27-10)20-17(25)11(2)16-19(18(20)26)29(9-13(21(16)30)22(31)32)15-4-3-12(23)7-14(15)24/h3-4,7,9-10,27H,5-6,8H2,1-2H3,(H,31,32). The summed E-state index contributed by atoms with van der Waals surface area (Å²) in [5.74, 6) is -5.77. The zero-order valence-electron chi connectivity index (χ0n) is 17.2.